The Morgan fingerprint density at radius 3 is 2.07 bits per heavy atom. The number of nitrogens with zero attached hydrogens (tertiary/aromatic N) is 2. The molecule has 2 heterocycles. The first-order valence-electron chi connectivity index (χ1n) is 9.30. The lowest BCUT2D eigenvalue weighted by molar-refractivity contribution is -0.123. The third-order valence-corrected chi connectivity index (χ3v) is 4.41. The highest BCUT2D eigenvalue weighted by atomic mass is 16.3. The maximum Gasteiger partial charge on any atom is 0.241 e. The van der Waals surface area contributed by atoms with E-state index in [1.165, 1.54) is 0 Å². The van der Waals surface area contributed by atoms with E-state index in [-0.39, 0.29) is 11.7 Å². The third-order valence-electron chi connectivity index (χ3n) is 4.41. The molecule has 0 aliphatic heterocycles. The number of carbonyl (C=O) groups excluding carboxylic acids is 1. The number of aromatic hydroxyl groups is 1. The van der Waals surface area contributed by atoms with Crippen molar-refractivity contribution >= 4 is 5.91 Å². The van der Waals surface area contributed by atoms with Crippen molar-refractivity contribution in [3.05, 3.63) is 90.0 Å². The van der Waals surface area contributed by atoms with Gasteiger partial charge in [0.2, 0.25) is 5.91 Å². The zero-order valence-electron chi connectivity index (χ0n) is 15.6. The molecule has 0 aliphatic carbocycles. The predicted molar refractivity (Wildman–Crippen MR) is 108 cm³/mol. The first kappa shape index (κ1) is 19.5. The second kappa shape index (κ2) is 10.2. The van der Waals surface area contributed by atoms with Gasteiger partial charge in [-0.2, -0.15) is 0 Å². The SMILES string of the molecule is O=C(NCCc1cccnc1)C(NCCc1cccnc1)c1ccc(O)cc1. The molecule has 0 bridgehead atoms. The van der Waals surface area contributed by atoms with Crippen LogP contribution in [0.1, 0.15) is 22.7 Å². The number of amides is 1. The lowest BCUT2D eigenvalue weighted by Gasteiger charge is -2.19. The molecule has 3 rings (SSSR count). The summed E-state index contributed by atoms with van der Waals surface area (Å²) in [6.45, 7) is 1.16. The van der Waals surface area contributed by atoms with Gasteiger partial charge in [-0.15, -0.1) is 0 Å². The molecule has 1 unspecified atom stereocenters. The Morgan fingerprint density at radius 2 is 1.50 bits per heavy atom. The zero-order chi connectivity index (χ0) is 19.6. The van der Waals surface area contributed by atoms with Gasteiger partial charge in [-0.3, -0.25) is 14.8 Å². The van der Waals surface area contributed by atoms with Gasteiger partial charge >= 0.3 is 0 Å². The fraction of sp³-hybridized carbons (Fsp3) is 0.227. The highest BCUT2D eigenvalue weighted by Crippen LogP contribution is 2.17. The molecule has 3 aromatic rings. The van der Waals surface area contributed by atoms with Gasteiger partial charge in [0.25, 0.3) is 0 Å². The van der Waals surface area contributed by atoms with E-state index in [1.807, 2.05) is 30.5 Å². The summed E-state index contributed by atoms with van der Waals surface area (Å²) < 4.78 is 0. The normalized spacial score (nSPS) is 11.7. The minimum Gasteiger partial charge on any atom is -0.508 e. The van der Waals surface area contributed by atoms with E-state index in [1.54, 1.807) is 42.9 Å². The lowest BCUT2D eigenvalue weighted by Crippen LogP contribution is -2.39. The van der Waals surface area contributed by atoms with Crippen molar-refractivity contribution in [3.63, 3.8) is 0 Å². The summed E-state index contributed by atoms with van der Waals surface area (Å²) in [5.41, 5.74) is 2.99. The Kier molecular flexibility index (Phi) is 7.09. The molecule has 2 aromatic heterocycles. The Bertz CT molecular complexity index is 855. The maximum atomic E-state index is 12.8. The molecule has 6 heteroatoms. The van der Waals surface area contributed by atoms with Gasteiger partial charge in [0.1, 0.15) is 11.8 Å². The Labute approximate surface area is 164 Å². The van der Waals surface area contributed by atoms with Crippen LogP contribution in [0, 0.1) is 0 Å². The predicted octanol–water partition coefficient (Wildman–Crippen LogP) is 2.41. The van der Waals surface area contributed by atoms with Crippen molar-refractivity contribution in [2.24, 2.45) is 0 Å². The van der Waals surface area contributed by atoms with Crippen molar-refractivity contribution in [2.75, 3.05) is 13.1 Å². The Hall–Kier alpha value is -3.25. The van der Waals surface area contributed by atoms with Gasteiger partial charge < -0.3 is 15.7 Å². The summed E-state index contributed by atoms with van der Waals surface area (Å²) in [7, 11) is 0. The molecular weight excluding hydrogens is 352 g/mol. The molecular formula is C22H24N4O2. The average molecular weight is 376 g/mol. The topological polar surface area (TPSA) is 87.1 Å². The van der Waals surface area contributed by atoms with E-state index in [9.17, 15) is 9.90 Å². The molecule has 28 heavy (non-hydrogen) atoms. The number of hydrogen-bond acceptors (Lipinski definition) is 5. The summed E-state index contributed by atoms with van der Waals surface area (Å²) >= 11 is 0. The van der Waals surface area contributed by atoms with Crippen molar-refractivity contribution in [3.8, 4) is 5.75 Å². The van der Waals surface area contributed by atoms with Gasteiger partial charge in [0, 0.05) is 37.9 Å². The summed E-state index contributed by atoms with van der Waals surface area (Å²) in [5, 5.41) is 15.8. The van der Waals surface area contributed by atoms with Crippen LogP contribution in [-0.2, 0) is 17.6 Å². The Morgan fingerprint density at radius 1 is 0.893 bits per heavy atom. The minimum atomic E-state index is -0.494. The highest BCUT2D eigenvalue weighted by Gasteiger charge is 2.19. The molecule has 0 saturated heterocycles. The summed E-state index contributed by atoms with van der Waals surface area (Å²) in [6, 6.07) is 14.0. The van der Waals surface area contributed by atoms with Gasteiger partial charge in [0.05, 0.1) is 0 Å². The first-order valence-corrected chi connectivity index (χ1v) is 9.30. The molecule has 1 aromatic carbocycles. The van der Waals surface area contributed by atoms with Crippen LogP contribution in [0.15, 0.2) is 73.3 Å². The smallest absolute Gasteiger partial charge is 0.241 e. The minimum absolute atomic E-state index is 0.0965. The van der Waals surface area contributed by atoms with Crippen molar-refractivity contribution in [1.82, 2.24) is 20.6 Å². The molecule has 0 fully saturated rings. The van der Waals surface area contributed by atoms with Crippen LogP contribution in [0.2, 0.25) is 0 Å². The highest BCUT2D eigenvalue weighted by molar-refractivity contribution is 5.83. The van der Waals surface area contributed by atoms with E-state index >= 15 is 0 Å². The van der Waals surface area contributed by atoms with Crippen molar-refractivity contribution in [1.29, 1.82) is 0 Å². The van der Waals surface area contributed by atoms with Crippen LogP contribution < -0.4 is 10.6 Å². The molecule has 0 aliphatic rings. The number of carbonyl (C=O) groups is 1. The molecule has 144 valence electrons. The van der Waals surface area contributed by atoms with Crippen LogP contribution >= 0.6 is 0 Å². The third kappa shape index (κ3) is 5.89. The van der Waals surface area contributed by atoms with Crippen molar-refractivity contribution < 1.29 is 9.90 Å². The largest absolute Gasteiger partial charge is 0.508 e. The summed E-state index contributed by atoms with van der Waals surface area (Å²) in [6.07, 6.45) is 8.59. The quantitative estimate of drug-likeness (QED) is 0.534. The van der Waals surface area contributed by atoms with Gasteiger partial charge in [-0.05, 0) is 53.8 Å². The van der Waals surface area contributed by atoms with E-state index < -0.39 is 6.04 Å². The molecule has 6 nitrogen and oxygen atoms in total. The van der Waals surface area contributed by atoms with Gasteiger partial charge in [-0.1, -0.05) is 24.3 Å². The van der Waals surface area contributed by atoms with Crippen LogP contribution in [0.4, 0.5) is 0 Å². The summed E-state index contributed by atoms with van der Waals surface area (Å²) in [5.74, 6) is 0.0793. The monoisotopic (exact) mass is 376 g/mol. The first-order chi connectivity index (χ1) is 13.7. The van der Waals surface area contributed by atoms with Crippen LogP contribution in [0.25, 0.3) is 0 Å². The maximum absolute atomic E-state index is 12.8. The number of hydrogen-bond donors (Lipinski definition) is 3. The number of benzene rings is 1. The number of rotatable bonds is 9. The van der Waals surface area contributed by atoms with Crippen LogP contribution in [-0.4, -0.2) is 34.1 Å². The van der Waals surface area contributed by atoms with E-state index in [0.717, 1.165) is 29.5 Å². The van der Waals surface area contributed by atoms with Gasteiger partial charge in [-0.25, -0.2) is 0 Å². The number of pyridine rings is 2. The summed E-state index contributed by atoms with van der Waals surface area (Å²) in [4.78, 5) is 21.0. The lowest BCUT2D eigenvalue weighted by atomic mass is 10.1. The van der Waals surface area contributed by atoms with E-state index in [2.05, 4.69) is 20.6 Å². The molecule has 0 radical (unpaired) electrons. The van der Waals surface area contributed by atoms with Gasteiger partial charge in [0.15, 0.2) is 0 Å². The molecule has 0 spiro atoms. The molecule has 3 N–H and O–H groups in total. The fourth-order valence-electron chi connectivity index (χ4n) is 2.91. The zero-order valence-corrected chi connectivity index (χ0v) is 15.6. The van der Waals surface area contributed by atoms with Crippen LogP contribution in [0.5, 0.6) is 5.75 Å². The number of phenols is 1. The molecule has 1 amide bonds. The second-order valence-electron chi connectivity index (χ2n) is 6.49. The number of nitrogens with one attached hydrogen (secondary N) is 2. The average Bonchev–Trinajstić information content (AvgIpc) is 2.73. The second-order valence-corrected chi connectivity index (χ2v) is 6.49. The number of phenolic OH excluding ortho intramolecular Hbond substituents is 1. The Balaban J connectivity index is 1.59. The fourth-order valence-corrected chi connectivity index (χ4v) is 2.91. The van der Waals surface area contributed by atoms with Crippen LogP contribution in [0.3, 0.4) is 0 Å². The number of aromatic nitrogens is 2. The standard InChI is InChI=1S/C22H24N4O2/c27-20-7-5-19(6-8-20)21(25-13-9-17-3-1-11-23-15-17)22(28)26-14-10-18-4-2-12-24-16-18/h1-8,11-12,15-16,21,25,27H,9-10,13-14H2,(H,26,28). The van der Waals surface area contributed by atoms with E-state index in [4.69, 9.17) is 0 Å². The molecule has 1 atom stereocenters. The molecule has 0 saturated carbocycles. The van der Waals surface area contributed by atoms with Crippen molar-refractivity contribution in [2.45, 2.75) is 18.9 Å². The van der Waals surface area contributed by atoms with E-state index in [0.29, 0.717) is 13.1 Å².